The smallest absolute Gasteiger partial charge is 0.379 e. The van der Waals surface area contributed by atoms with Crippen molar-refractivity contribution < 1.29 is 28.2 Å². The molecule has 1 aliphatic rings. The maximum atomic E-state index is 13.7. The molecule has 0 aromatic heterocycles. The number of hydrogen-bond acceptors (Lipinski definition) is 5. The molecule has 0 N–H and O–H groups in total. The minimum Gasteiger partial charge on any atom is -0.467 e. The number of ketones is 1. The van der Waals surface area contributed by atoms with Crippen LogP contribution < -0.4 is 4.74 Å². The number of rotatable bonds is 3. The summed E-state index contributed by atoms with van der Waals surface area (Å²) in [7, 11) is 0. The van der Waals surface area contributed by atoms with Crippen molar-refractivity contribution >= 4 is 11.8 Å². The molecular weight excluding hydrogens is 243 g/mol. The lowest BCUT2D eigenvalue weighted by Crippen LogP contribution is -2.20. The zero-order valence-electron chi connectivity index (χ0n) is 9.70. The van der Waals surface area contributed by atoms with Gasteiger partial charge in [0.1, 0.15) is 11.6 Å². The molecule has 1 aliphatic heterocycles. The second kappa shape index (κ2) is 5.14. The van der Waals surface area contributed by atoms with E-state index in [1.54, 1.807) is 6.92 Å². The molecule has 0 unspecified atom stereocenters. The van der Waals surface area contributed by atoms with E-state index in [0.717, 1.165) is 6.07 Å². The Morgan fingerprint density at radius 1 is 1.44 bits per heavy atom. The number of ether oxygens (including phenoxy) is 3. The van der Waals surface area contributed by atoms with Gasteiger partial charge in [-0.05, 0) is 19.1 Å². The number of esters is 1. The van der Waals surface area contributed by atoms with Crippen LogP contribution in [-0.4, -0.2) is 25.2 Å². The first-order valence-electron chi connectivity index (χ1n) is 5.38. The van der Waals surface area contributed by atoms with E-state index in [1.807, 2.05) is 0 Å². The van der Waals surface area contributed by atoms with Gasteiger partial charge in [0.25, 0.3) is 5.78 Å². The zero-order chi connectivity index (χ0) is 13.1. The van der Waals surface area contributed by atoms with Crippen LogP contribution in [-0.2, 0) is 20.9 Å². The summed E-state index contributed by atoms with van der Waals surface area (Å²) in [5, 5.41) is 0. The molecule has 1 heterocycles. The SMILES string of the molecule is CCOC(=O)C(=O)c1cc2c(cc1F)COCO2. The largest absolute Gasteiger partial charge is 0.467 e. The molecule has 0 atom stereocenters. The molecular formula is C12H11FO5. The van der Waals surface area contributed by atoms with Gasteiger partial charge in [0.2, 0.25) is 0 Å². The van der Waals surface area contributed by atoms with E-state index in [9.17, 15) is 14.0 Å². The third kappa shape index (κ3) is 2.33. The van der Waals surface area contributed by atoms with Crippen molar-refractivity contribution in [2.24, 2.45) is 0 Å². The Morgan fingerprint density at radius 3 is 2.94 bits per heavy atom. The summed E-state index contributed by atoms with van der Waals surface area (Å²) in [5.74, 6) is -2.55. The van der Waals surface area contributed by atoms with Gasteiger partial charge >= 0.3 is 5.97 Å². The Labute approximate surface area is 102 Å². The average molecular weight is 254 g/mol. The van der Waals surface area contributed by atoms with E-state index in [-0.39, 0.29) is 25.6 Å². The van der Waals surface area contributed by atoms with Crippen molar-refractivity contribution in [3.05, 3.63) is 29.1 Å². The predicted octanol–water partition coefficient (Wildman–Crippen LogP) is 1.44. The van der Waals surface area contributed by atoms with E-state index < -0.39 is 17.6 Å². The first-order valence-corrected chi connectivity index (χ1v) is 5.38. The van der Waals surface area contributed by atoms with Crippen molar-refractivity contribution in [1.82, 2.24) is 0 Å². The van der Waals surface area contributed by atoms with Crippen LogP contribution in [0.4, 0.5) is 4.39 Å². The maximum Gasteiger partial charge on any atom is 0.379 e. The fourth-order valence-corrected chi connectivity index (χ4v) is 1.58. The van der Waals surface area contributed by atoms with Gasteiger partial charge in [0, 0.05) is 5.56 Å². The molecule has 0 amide bonds. The summed E-state index contributed by atoms with van der Waals surface area (Å²) in [4.78, 5) is 22.9. The number of Topliss-reactive ketones (excluding diaryl/α,β-unsaturated/α-hetero) is 1. The van der Waals surface area contributed by atoms with Crippen LogP contribution in [0.5, 0.6) is 5.75 Å². The topological polar surface area (TPSA) is 61.8 Å². The lowest BCUT2D eigenvalue weighted by Gasteiger charge is -2.18. The average Bonchev–Trinajstić information content (AvgIpc) is 2.37. The predicted molar refractivity (Wildman–Crippen MR) is 57.6 cm³/mol. The third-order valence-corrected chi connectivity index (χ3v) is 2.41. The van der Waals surface area contributed by atoms with Crippen LogP contribution in [0, 0.1) is 5.82 Å². The molecule has 0 spiro atoms. The second-order valence-corrected chi connectivity index (χ2v) is 3.60. The molecule has 1 aromatic carbocycles. The van der Waals surface area contributed by atoms with Gasteiger partial charge in [-0.3, -0.25) is 4.79 Å². The summed E-state index contributed by atoms with van der Waals surface area (Å²) in [6.45, 7) is 1.86. The van der Waals surface area contributed by atoms with E-state index in [0.29, 0.717) is 11.3 Å². The second-order valence-electron chi connectivity index (χ2n) is 3.60. The third-order valence-electron chi connectivity index (χ3n) is 2.41. The van der Waals surface area contributed by atoms with Crippen molar-refractivity contribution in [1.29, 1.82) is 0 Å². The monoisotopic (exact) mass is 254 g/mol. The van der Waals surface area contributed by atoms with Gasteiger partial charge in [0.05, 0.1) is 18.8 Å². The Bertz CT molecular complexity index is 497. The van der Waals surface area contributed by atoms with Gasteiger partial charge in [-0.1, -0.05) is 0 Å². The fraction of sp³-hybridized carbons (Fsp3) is 0.333. The first-order chi connectivity index (χ1) is 8.63. The van der Waals surface area contributed by atoms with E-state index in [4.69, 9.17) is 9.47 Å². The van der Waals surface area contributed by atoms with Crippen molar-refractivity contribution in [3.63, 3.8) is 0 Å². The standard InChI is InChI=1S/C12H11FO5/c1-2-17-12(15)11(14)8-4-10-7(3-9(8)13)5-16-6-18-10/h3-4H,2,5-6H2,1H3. The van der Waals surface area contributed by atoms with Crippen LogP contribution >= 0.6 is 0 Å². The highest BCUT2D eigenvalue weighted by atomic mass is 19.1. The summed E-state index contributed by atoms with van der Waals surface area (Å²) in [6, 6.07) is 2.33. The minimum absolute atomic E-state index is 0.0334. The number of halogens is 1. The molecule has 0 bridgehead atoms. The molecule has 5 nitrogen and oxygen atoms in total. The normalized spacial score (nSPS) is 13.4. The van der Waals surface area contributed by atoms with Crippen molar-refractivity contribution in [3.8, 4) is 5.75 Å². The fourth-order valence-electron chi connectivity index (χ4n) is 1.58. The summed E-state index contributed by atoms with van der Waals surface area (Å²) >= 11 is 0. The molecule has 0 saturated heterocycles. The zero-order valence-corrected chi connectivity index (χ0v) is 9.70. The van der Waals surface area contributed by atoms with Gasteiger partial charge in [0.15, 0.2) is 6.79 Å². The molecule has 0 radical (unpaired) electrons. The maximum absolute atomic E-state index is 13.7. The molecule has 18 heavy (non-hydrogen) atoms. The quantitative estimate of drug-likeness (QED) is 0.464. The molecule has 96 valence electrons. The molecule has 0 aliphatic carbocycles. The number of fused-ring (bicyclic) bond motifs is 1. The van der Waals surface area contributed by atoms with Gasteiger partial charge in [-0.2, -0.15) is 0 Å². The summed E-state index contributed by atoms with van der Waals surface area (Å²) in [6.07, 6.45) is 0. The van der Waals surface area contributed by atoms with E-state index in [1.165, 1.54) is 6.07 Å². The Balaban J connectivity index is 2.33. The molecule has 0 fully saturated rings. The summed E-state index contributed by atoms with van der Waals surface area (Å²) in [5.41, 5.74) is 0.147. The van der Waals surface area contributed by atoms with Crippen molar-refractivity contribution in [2.75, 3.05) is 13.4 Å². The Morgan fingerprint density at radius 2 is 2.22 bits per heavy atom. The first kappa shape index (κ1) is 12.5. The van der Waals surface area contributed by atoms with Gasteiger partial charge in [-0.25, -0.2) is 9.18 Å². The van der Waals surface area contributed by atoms with Crippen LogP contribution in [0.15, 0.2) is 12.1 Å². The molecule has 2 rings (SSSR count). The lowest BCUT2D eigenvalue weighted by molar-refractivity contribution is -0.137. The highest BCUT2D eigenvalue weighted by Crippen LogP contribution is 2.27. The van der Waals surface area contributed by atoms with Gasteiger partial charge in [-0.15, -0.1) is 0 Å². The lowest BCUT2D eigenvalue weighted by atomic mass is 10.1. The minimum atomic E-state index is -1.08. The number of carbonyl (C=O) groups is 2. The summed E-state index contributed by atoms with van der Waals surface area (Å²) < 4.78 is 28.3. The van der Waals surface area contributed by atoms with Gasteiger partial charge < -0.3 is 14.2 Å². The molecule has 6 heteroatoms. The number of carbonyl (C=O) groups excluding carboxylic acids is 2. The van der Waals surface area contributed by atoms with Crippen LogP contribution in [0.3, 0.4) is 0 Å². The number of benzene rings is 1. The Kier molecular flexibility index (Phi) is 3.57. The van der Waals surface area contributed by atoms with Crippen LogP contribution in [0.1, 0.15) is 22.8 Å². The van der Waals surface area contributed by atoms with E-state index in [2.05, 4.69) is 4.74 Å². The van der Waals surface area contributed by atoms with Crippen LogP contribution in [0.25, 0.3) is 0 Å². The Hall–Kier alpha value is -1.95. The highest BCUT2D eigenvalue weighted by molar-refractivity contribution is 6.40. The molecule has 1 aromatic rings. The molecule has 0 saturated carbocycles. The number of hydrogen-bond donors (Lipinski definition) is 0. The van der Waals surface area contributed by atoms with Crippen molar-refractivity contribution in [2.45, 2.75) is 13.5 Å². The van der Waals surface area contributed by atoms with E-state index >= 15 is 0 Å². The highest BCUT2D eigenvalue weighted by Gasteiger charge is 2.24. The van der Waals surface area contributed by atoms with Crippen LogP contribution in [0.2, 0.25) is 0 Å².